The number of para-hydroxylation sites is 2. The Morgan fingerprint density at radius 1 is 1.19 bits per heavy atom. The maximum Gasteiger partial charge on any atom is 0.396 e. The SMILES string of the molecule is CCOC(=O)C(=O)NCC#CCOc1ccccc1OC. The van der Waals surface area contributed by atoms with Crippen molar-refractivity contribution in [3.8, 4) is 23.3 Å². The quantitative estimate of drug-likeness (QED) is 0.492. The van der Waals surface area contributed by atoms with E-state index in [1.807, 2.05) is 12.1 Å². The zero-order chi connectivity index (χ0) is 15.5. The molecule has 0 atom stereocenters. The number of amides is 1. The highest BCUT2D eigenvalue weighted by Crippen LogP contribution is 2.25. The third-order valence-electron chi connectivity index (χ3n) is 2.29. The summed E-state index contributed by atoms with van der Waals surface area (Å²) in [6.07, 6.45) is 0. The van der Waals surface area contributed by atoms with E-state index >= 15 is 0 Å². The van der Waals surface area contributed by atoms with Gasteiger partial charge in [-0.25, -0.2) is 4.79 Å². The fourth-order valence-corrected chi connectivity index (χ4v) is 1.36. The molecule has 0 fully saturated rings. The first-order chi connectivity index (χ1) is 10.2. The van der Waals surface area contributed by atoms with Gasteiger partial charge >= 0.3 is 11.9 Å². The fraction of sp³-hybridized carbons (Fsp3) is 0.333. The number of carbonyl (C=O) groups excluding carboxylic acids is 2. The first kappa shape index (κ1) is 16.4. The molecule has 0 aromatic heterocycles. The molecular formula is C15H17NO5. The third kappa shape index (κ3) is 5.87. The second-order valence-electron chi connectivity index (χ2n) is 3.70. The van der Waals surface area contributed by atoms with Crippen molar-refractivity contribution in [2.75, 3.05) is 26.9 Å². The van der Waals surface area contributed by atoms with Gasteiger partial charge in [-0.15, -0.1) is 0 Å². The van der Waals surface area contributed by atoms with Gasteiger partial charge in [0.25, 0.3) is 0 Å². The molecule has 1 rings (SSSR count). The Morgan fingerprint density at radius 2 is 1.90 bits per heavy atom. The summed E-state index contributed by atoms with van der Waals surface area (Å²) < 4.78 is 15.1. The lowest BCUT2D eigenvalue weighted by Gasteiger charge is -2.07. The molecule has 0 aliphatic rings. The van der Waals surface area contributed by atoms with Crippen molar-refractivity contribution in [1.82, 2.24) is 5.32 Å². The predicted octanol–water partition coefficient (Wildman–Crippen LogP) is 0.757. The molecule has 1 aromatic rings. The maximum absolute atomic E-state index is 11.2. The van der Waals surface area contributed by atoms with Crippen molar-refractivity contribution >= 4 is 11.9 Å². The van der Waals surface area contributed by atoms with Crippen molar-refractivity contribution in [1.29, 1.82) is 0 Å². The highest BCUT2D eigenvalue weighted by atomic mass is 16.5. The molecule has 0 saturated heterocycles. The van der Waals surface area contributed by atoms with E-state index in [9.17, 15) is 9.59 Å². The second kappa shape index (κ2) is 9.26. The van der Waals surface area contributed by atoms with Crippen LogP contribution < -0.4 is 14.8 Å². The minimum absolute atomic E-state index is 0.0485. The normalized spacial score (nSPS) is 9.05. The van der Waals surface area contributed by atoms with Crippen LogP contribution in [0.1, 0.15) is 6.92 Å². The van der Waals surface area contributed by atoms with Gasteiger partial charge in [0.15, 0.2) is 11.5 Å². The van der Waals surface area contributed by atoms with Crippen molar-refractivity contribution < 1.29 is 23.8 Å². The number of carbonyl (C=O) groups is 2. The Morgan fingerprint density at radius 3 is 2.57 bits per heavy atom. The number of methoxy groups -OCH3 is 1. The molecular weight excluding hydrogens is 274 g/mol. The van der Waals surface area contributed by atoms with Crippen LogP contribution >= 0.6 is 0 Å². The van der Waals surface area contributed by atoms with Gasteiger partial charge in [0.2, 0.25) is 0 Å². The van der Waals surface area contributed by atoms with Gasteiger partial charge in [0.1, 0.15) is 6.61 Å². The molecule has 21 heavy (non-hydrogen) atoms. The van der Waals surface area contributed by atoms with Gasteiger partial charge in [-0.2, -0.15) is 0 Å². The highest BCUT2D eigenvalue weighted by molar-refractivity contribution is 6.32. The van der Waals surface area contributed by atoms with Gasteiger partial charge in [-0.05, 0) is 19.1 Å². The number of esters is 1. The van der Waals surface area contributed by atoms with Crippen LogP contribution in [0.2, 0.25) is 0 Å². The summed E-state index contributed by atoms with van der Waals surface area (Å²) in [7, 11) is 1.55. The molecule has 0 spiro atoms. The van der Waals surface area contributed by atoms with E-state index in [2.05, 4.69) is 21.9 Å². The van der Waals surface area contributed by atoms with Crippen LogP contribution in [-0.2, 0) is 14.3 Å². The molecule has 112 valence electrons. The van der Waals surface area contributed by atoms with Crippen molar-refractivity contribution in [2.24, 2.45) is 0 Å². The number of hydrogen-bond acceptors (Lipinski definition) is 5. The van der Waals surface area contributed by atoms with Crippen molar-refractivity contribution in [3.05, 3.63) is 24.3 Å². The Labute approximate surface area is 123 Å². The van der Waals surface area contributed by atoms with E-state index in [4.69, 9.17) is 9.47 Å². The zero-order valence-electron chi connectivity index (χ0n) is 12.0. The summed E-state index contributed by atoms with van der Waals surface area (Å²) in [6.45, 7) is 1.98. The van der Waals surface area contributed by atoms with Crippen LogP contribution in [-0.4, -0.2) is 38.7 Å². The lowest BCUT2D eigenvalue weighted by atomic mass is 10.3. The number of ether oxygens (including phenoxy) is 3. The minimum atomic E-state index is -0.912. The van der Waals surface area contributed by atoms with Crippen molar-refractivity contribution in [2.45, 2.75) is 6.92 Å². The van der Waals surface area contributed by atoms with Gasteiger partial charge in [-0.1, -0.05) is 24.0 Å². The molecule has 0 aliphatic heterocycles. The lowest BCUT2D eigenvalue weighted by Crippen LogP contribution is -2.32. The highest BCUT2D eigenvalue weighted by Gasteiger charge is 2.12. The molecule has 0 bridgehead atoms. The van der Waals surface area contributed by atoms with E-state index in [-0.39, 0.29) is 19.8 Å². The van der Waals surface area contributed by atoms with Crippen LogP contribution in [0, 0.1) is 11.8 Å². The standard InChI is InChI=1S/C15H17NO5/c1-3-20-15(18)14(17)16-10-6-7-11-21-13-9-5-4-8-12(13)19-2/h4-5,8-9H,3,10-11H2,1-2H3,(H,16,17). The summed E-state index contributed by atoms with van der Waals surface area (Å²) in [5, 5.41) is 2.32. The average Bonchev–Trinajstić information content (AvgIpc) is 2.51. The van der Waals surface area contributed by atoms with E-state index in [0.29, 0.717) is 11.5 Å². The Hall–Kier alpha value is -2.68. The molecule has 0 unspecified atom stereocenters. The van der Waals surface area contributed by atoms with Crippen LogP contribution in [0.25, 0.3) is 0 Å². The first-order valence-electron chi connectivity index (χ1n) is 6.35. The van der Waals surface area contributed by atoms with Gasteiger partial charge in [0, 0.05) is 0 Å². The third-order valence-corrected chi connectivity index (χ3v) is 2.29. The summed E-state index contributed by atoms with van der Waals surface area (Å²) >= 11 is 0. The van der Waals surface area contributed by atoms with Crippen LogP contribution in [0.15, 0.2) is 24.3 Å². The van der Waals surface area contributed by atoms with Crippen LogP contribution in [0.4, 0.5) is 0 Å². The number of hydrogen-bond donors (Lipinski definition) is 1. The monoisotopic (exact) mass is 291 g/mol. The zero-order valence-corrected chi connectivity index (χ0v) is 12.0. The van der Waals surface area contributed by atoms with E-state index in [1.165, 1.54) is 0 Å². The summed E-state index contributed by atoms with van der Waals surface area (Å²) in [5.41, 5.74) is 0. The lowest BCUT2D eigenvalue weighted by molar-refractivity contribution is -0.154. The fourth-order valence-electron chi connectivity index (χ4n) is 1.36. The van der Waals surface area contributed by atoms with E-state index in [1.54, 1.807) is 26.2 Å². The largest absolute Gasteiger partial charge is 0.493 e. The molecule has 1 amide bonds. The van der Waals surface area contributed by atoms with Gasteiger partial charge in [0.05, 0.1) is 20.3 Å². The molecule has 1 aromatic carbocycles. The molecule has 0 saturated carbocycles. The van der Waals surface area contributed by atoms with Gasteiger partial charge in [-0.3, -0.25) is 4.79 Å². The number of rotatable bonds is 5. The molecule has 6 heteroatoms. The maximum atomic E-state index is 11.2. The predicted molar refractivity (Wildman–Crippen MR) is 75.9 cm³/mol. The Bertz CT molecular complexity index is 544. The molecule has 0 aliphatic carbocycles. The minimum Gasteiger partial charge on any atom is -0.493 e. The van der Waals surface area contributed by atoms with Crippen LogP contribution in [0.3, 0.4) is 0 Å². The van der Waals surface area contributed by atoms with E-state index in [0.717, 1.165) is 0 Å². The van der Waals surface area contributed by atoms with Crippen LogP contribution in [0.5, 0.6) is 11.5 Å². The van der Waals surface area contributed by atoms with E-state index < -0.39 is 11.9 Å². The first-order valence-corrected chi connectivity index (χ1v) is 6.35. The Kier molecular flexibility index (Phi) is 7.22. The van der Waals surface area contributed by atoms with Crippen molar-refractivity contribution in [3.63, 3.8) is 0 Å². The Balaban J connectivity index is 2.31. The number of nitrogens with one attached hydrogen (secondary N) is 1. The molecule has 1 N–H and O–H groups in total. The molecule has 6 nitrogen and oxygen atoms in total. The van der Waals surface area contributed by atoms with Gasteiger partial charge < -0.3 is 19.5 Å². The summed E-state index contributed by atoms with van der Waals surface area (Å²) in [5.74, 6) is 4.87. The molecule has 0 radical (unpaired) electrons. The second-order valence-corrected chi connectivity index (χ2v) is 3.70. The average molecular weight is 291 g/mol. The summed E-state index contributed by atoms with van der Waals surface area (Å²) in [4.78, 5) is 22.2. The topological polar surface area (TPSA) is 73.9 Å². The summed E-state index contributed by atoms with van der Waals surface area (Å²) in [6, 6.07) is 7.21. The number of benzene rings is 1. The smallest absolute Gasteiger partial charge is 0.396 e. The molecule has 0 heterocycles.